The van der Waals surface area contributed by atoms with Crippen LogP contribution in [0.1, 0.15) is 0 Å². The second-order valence-corrected chi connectivity index (χ2v) is 4.44. The molecule has 0 aliphatic rings. The Balaban J connectivity index is 2.07. The van der Waals surface area contributed by atoms with Crippen molar-refractivity contribution in [3.05, 3.63) is 29.9 Å². The molecule has 0 saturated carbocycles. The standard InChI is InChI=1S/C11H14N4OS/c12-3-4-13-10(16)8-15-6-5-14-11(15)9-2-1-7-17-9/h1-2,5-7H,3-4,8,12H2,(H,13,16). The fourth-order valence-electron chi connectivity index (χ4n) is 1.49. The van der Waals surface area contributed by atoms with Crippen LogP contribution in [0.4, 0.5) is 0 Å². The summed E-state index contributed by atoms with van der Waals surface area (Å²) in [6.07, 6.45) is 3.50. The lowest BCUT2D eigenvalue weighted by Crippen LogP contribution is -2.31. The number of nitrogens with zero attached hydrogens (tertiary/aromatic N) is 2. The molecule has 6 heteroatoms. The highest BCUT2D eigenvalue weighted by Crippen LogP contribution is 2.22. The van der Waals surface area contributed by atoms with Gasteiger partial charge in [-0.05, 0) is 11.4 Å². The number of hydrogen-bond acceptors (Lipinski definition) is 4. The molecule has 90 valence electrons. The highest BCUT2D eigenvalue weighted by atomic mass is 32.1. The number of imidazole rings is 1. The lowest BCUT2D eigenvalue weighted by molar-refractivity contribution is -0.121. The van der Waals surface area contributed by atoms with Crippen LogP contribution < -0.4 is 11.1 Å². The first-order valence-electron chi connectivity index (χ1n) is 5.33. The largest absolute Gasteiger partial charge is 0.353 e. The van der Waals surface area contributed by atoms with Gasteiger partial charge in [-0.15, -0.1) is 11.3 Å². The predicted octanol–water partition coefficient (Wildman–Crippen LogP) is 0.687. The fourth-order valence-corrected chi connectivity index (χ4v) is 2.23. The van der Waals surface area contributed by atoms with Crippen molar-refractivity contribution in [3.63, 3.8) is 0 Å². The normalized spacial score (nSPS) is 10.4. The summed E-state index contributed by atoms with van der Waals surface area (Å²) >= 11 is 1.60. The predicted molar refractivity (Wildman–Crippen MR) is 67.6 cm³/mol. The second kappa shape index (κ2) is 5.60. The Kier molecular flexibility index (Phi) is 3.89. The molecule has 3 N–H and O–H groups in total. The van der Waals surface area contributed by atoms with Gasteiger partial charge in [-0.1, -0.05) is 6.07 Å². The van der Waals surface area contributed by atoms with Crippen molar-refractivity contribution in [1.29, 1.82) is 0 Å². The minimum atomic E-state index is -0.0498. The maximum Gasteiger partial charge on any atom is 0.240 e. The van der Waals surface area contributed by atoms with E-state index in [-0.39, 0.29) is 12.5 Å². The zero-order chi connectivity index (χ0) is 12.1. The summed E-state index contributed by atoms with van der Waals surface area (Å²) in [4.78, 5) is 16.9. The van der Waals surface area contributed by atoms with Crippen molar-refractivity contribution in [2.75, 3.05) is 13.1 Å². The van der Waals surface area contributed by atoms with Gasteiger partial charge in [-0.3, -0.25) is 4.79 Å². The number of aromatic nitrogens is 2. The maximum atomic E-state index is 11.6. The maximum absolute atomic E-state index is 11.6. The van der Waals surface area contributed by atoms with Gasteiger partial charge in [0.05, 0.1) is 4.88 Å². The SMILES string of the molecule is NCCNC(=O)Cn1ccnc1-c1cccs1. The lowest BCUT2D eigenvalue weighted by Gasteiger charge is -2.06. The average Bonchev–Trinajstić information content (AvgIpc) is 2.95. The summed E-state index contributed by atoms with van der Waals surface area (Å²) in [5, 5.41) is 4.72. The van der Waals surface area contributed by atoms with Crippen LogP contribution in [0, 0.1) is 0 Å². The van der Waals surface area contributed by atoms with Crippen LogP contribution in [0.15, 0.2) is 29.9 Å². The first-order valence-corrected chi connectivity index (χ1v) is 6.21. The topological polar surface area (TPSA) is 72.9 Å². The van der Waals surface area contributed by atoms with Crippen LogP contribution in [0.25, 0.3) is 10.7 Å². The molecule has 0 unspecified atom stereocenters. The highest BCUT2D eigenvalue weighted by molar-refractivity contribution is 7.13. The Hall–Kier alpha value is -1.66. The molecule has 0 saturated heterocycles. The van der Waals surface area contributed by atoms with Crippen molar-refractivity contribution in [2.45, 2.75) is 6.54 Å². The van der Waals surface area contributed by atoms with E-state index in [0.29, 0.717) is 13.1 Å². The van der Waals surface area contributed by atoms with Gasteiger partial charge in [0.15, 0.2) is 0 Å². The lowest BCUT2D eigenvalue weighted by atomic mass is 10.4. The molecule has 17 heavy (non-hydrogen) atoms. The van der Waals surface area contributed by atoms with Gasteiger partial charge in [0, 0.05) is 25.5 Å². The summed E-state index contributed by atoms with van der Waals surface area (Å²) in [7, 11) is 0. The van der Waals surface area contributed by atoms with E-state index in [4.69, 9.17) is 5.73 Å². The van der Waals surface area contributed by atoms with Crippen molar-refractivity contribution in [2.24, 2.45) is 5.73 Å². The first kappa shape index (κ1) is 11.8. The minimum Gasteiger partial charge on any atom is -0.353 e. The highest BCUT2D eigenvalue weighted by Gasteiger charge is 2.09. The zero-order valence-electron chi connectivity index (χ0n) is 9.30. The van der Waals surface area contributed by atoms with Crippen LogP contribution >= 0.6 is 11.3 Å². The van der Waals surface area contributed by atoms with Crippen LogP contribution in [-0.2, 0) is 11.3 Å². The van der Waals surface area contributed by atoms with E-state index >= 15 is 0 Å². The van der Waals surface area contributed by atoms with Gasteiger partial charge >= 0.3 is 0 Å². The number of carbonyl (C=O) groups is 1. The van der Waals surface area contributed by atoms with E-state index in [1.807, 2.05) is 22.1 Å². The van der Waals surface area contributed by atoms with Gasteiger partial charge < -0.3 is 15.6 Å². The number of rotatable bonds is 5. The number of nitrogens with one attached hydrogen (secondary N) is 1. The quantitative estimate of drug-likeness (QED) is 0.820. The van der Waals surface area contributed by atoms with Crippen molar-refractivity contribution in [1.82, 2.24) is 14.9 Å². The molecule has 1 amide bonds. The number of hydrogen-bond donors (Lipinski definition) is 2. The third-order valence-corrected chi connectivity index (χ3v) is 3.10. The second-order valence-electron chi connectivity index (χ2n) is 3.49. The summed E-state index contributed by atoms with van der Waals surface area (Å²) in [6.45, 7) is 1.22. The fraction of sp³-hybridized carbons (Fsp3) is 0.273. The molecule has 0 atom stereocenters. The molecule has 0 aliphatic carbocycles. The number of amides is 1. The van der Waals surface area contributed by atoms with E-state index in [1.54, 1.807) is 23.7 Å². The Labute approximate surface area is 103 Å². The van der Waals surface area contributed by atoms with Crippen LogP contribution in [0.3, 0.4) is 0 Å². The molecule has 5 nitrogen and oxygen atoms in total. The van der Waals surface area contributed by atoms with Gasteiger partial charge in [-0.2, -0.15) is 0 Å². The number of thiophene rings is 1. The first-order chi connectivity index (χ1) is 8.31. The van der Waals surface area contributed by atoms with Gasteiger partial charge in [0.1, 0.15) is 12.4 Å². The Morgan fingerprint density at radius 1 is 1.59 bits per heavy atom. The van der Waals surface area contributed by atoms with Crippen molar-refractivity contribution in [3.8, 4) is 10.7 Å². The van der Waals surface area contributed by atoms with Crippen LogP contribution in [-0.4, -0.2) is 28.5 Å². The van der Waals surface area contributed by atoms with Crippen LogP contribution in [0.5, 0.6) is 0 Å². The van der Waals surface area contributed by atoms with E-state index in [0.717, 1.165) is 10.7 Å². The molecule has 2 rings (SSSR count). The average molecular weight is 250 g/mol. The van der Waals surface area contributed by atoms with Crippen LogP contribution in [0.2, 0.25) is 0 Å². The Morgan fingerprint density at radius 3 is 3.18 bits per heavy atom. The summed E-state index contributed by atoms with van der Waals surface area (Å²) in [5.74, 6) is 0.772. The molecule has 0 spiro atoms. The number of carbonyl (C=O) groups excluding carboxylic acids is 1. The Morgan fingerprint density at radius 2 is 2.47 bits per heavy atom. The van der Waals surface area contributed by atoms with Gasteiger partial charge in [-0.25, -0.2) is 4.98 Å². The smallest absolute Gasteiger partial charge is 0.240 e. The number of nitrogens with two attached hydrogens (primary N) is 1. The van der Waals surface area contributed by atoms with Crippen molar-refractivity contribution >= 4 is 17.2 Å². The molecule has 0 aromatic carbocycles. The van der Waals surface area contributed by atoms with E-state index in [2.05, 4.69) is 10.3 Å². The summed E-state index contributed by atoms with van der Waals surface area (Å²) in [6, 6.07) is 3.95. The third-order valence-electron chi connectivity index (χ3n) is 2.24. The van der Waals surface area contributed by atoms with Gasteiger partial charge in [0.2, 0.25) is 5.91 Å². The molecule has 0 radical (unpaired) electrons. The van der Waals surface area contributed by atoms with E-state index < -0.39 is 0 Å². The zero-order valence-corrected chi connectivity index (χ0v) is 10.1. The Bertz CT molecular complexity index is 477. The molecule has 0 aliphatic heterocycles. The van der Waals surface area contributed by atoms with E-state index in [1.165, 1.54) is 0 Å². The van der Waals surface area contributed by atoms with E-state index in [9.17, 15) is 4.79 Å². The monoisotopic (exact) mass is 250 g/mol. The molecule has 2 aromatic rings. The third kappa shape index (κ3) is 2.92. The molecule has 0 fully saturated rings. The molecular weight excluding hydrogens is 236 g/mol. The molecule has 2 heterocycles. The molecular formula is C11H14N4OS. The van der Waals surface area contributed by atoms with Gasteiger partial charge in [0.25, 0.3) is 0 Å². The molecule has 0 bridgehead atoms. The van der Waals surface area contributed by atoms with Crippen molar-refractivity contribution < 1.29 is 4.79 Å². The summed E-state index contributed by atoms with van der Waals surface area (Å²) < 4.78 is 1.83. The molecule has 2 aromatic heterocycles. The minimum absolute atomic E-state index is 0.0498. The summed E-state index contributed by atoms with van der Waals surface area (Å²) in [5.41, 5.74) is 5.33.